The number of aromatic nitrogens is 3. The molecule has 1 aliphatic rings. The van der Waals surface area contributed by atoms with Crippen molar-refractivity contribution in [2.75, 3.05) is 6.54 Å². The Kier molecular flexibility index (Phi) is 7.18. The lowest BCUT2D eigenvalue weighted by Gasteiger charge is -2.42. The summed E-state index contributed by atoms with van der Waals surface area (Å²) in [4.78, 5) is 14.9. The number of aliphatic hydroxyl groups excluding tert-OH is 1. The van der Waals surface area contributed by atoms with E-state index >= 15 is 0 Å². The summed E-state index contributed by atoms with van der Waals surface area (Å²) in [5.74, 6) is -0.226. The predicted octanol–water partition coefficient (Wildman–Crippen LogP) is 4.85. The summed E-state index contributed by atoms with van der Waals surface area (Å²) < 4.78 is 15.0. The zero-order chi connectivity index (χ0) is 23.4. The van der Waals surface area contributed by atoms with Crippen molar-refractivity contribution in [2.45, 2.75) is 64.1 Å². The second-order valence-corrected chi connectivity index (χ2v) is 8.89. The fraction of sp³-hybridized carbons (Fsp3) is 0.423. The molecule has 0 aliphatic carbocycles. The van der Waals surface area contributed by atoms with Crippen molar-refractivity contribution < 1.29 is 14.3 Å². The number of unbranched alkanes of at least 4 members (excludes halogenated alkanes) is 2. The van der Waals surface area contributed by atoms with Gasteiger partial charge in [0.15, 0.2) is 0 Å². The van der Waals surface area contributed by atoms with Gasteiger partial charge in [-0.2, -0.15) is 0 Å². The minimum atomic E-state index is -0.760. The van der Waals surface area contributed by atoms with E-state index < -0.39 is 6.10 Å². The highest BCUT2D eigenvalue weighted by molar-refractivity contribution is 5.77. The normalized spacial score (nSPS) is 20.7. The van der Waals surface area contributed by atoms with Crippen molar-refractivity contribution in [1.29, 1.82) is 0 Å². The minimum absolute atomic E-state index is 0.0807. The molecule has 6 nitrogen and oxygen atoms in total. The average molecular weight is 451 g/mol. The topological polar surface area (TPSA) is 71.2 Å². The molecule has 1 amide bonds. The van der Waals surface area contributed by atoms with Crippen molar-refractivity contribution >= 4 is 5.91 Å². The van der Waals surface area contributed by atoms with Crippen molar-refractivity contribution in [3.05, 3.63) is 71.7 Å². The molecule has 1 saturated heterocycles. The summed E-state index contributed by atoms with van der Waals surface area (Å²) in [5, 5.41) is 19.5. The number of hydrogen-bond donors (Lipinski definition) is 1. The van der Waals surface area contributed by atoms with Gasteiger partial charge in [-0.1, -0.05) is 54.8 Å². The first-order valence-corrected chi connectivity index (χ1v) is 11.7. The van der Waals surface area contributed by atoms with Crippen LogP contribution in [0.3, 0.4) is 0 Å². The van der Waals surface area contributed by atoms with Gasteiger partial charge in [0, 0.05) is 18.5 Å². The molecule has 2 heterocycles. The van der Waals surface area contributed by atoms with Crippen molar-refractivity contribution in [1.82, 2.24) is 19.9 Å². The number of rotatable bonds is 7. The van der Waals surface area contributed by atoms with Crippen LogP contribution in [0.1, 0.15) is 62.2 Å². The number of hydrogen-bond acceptors (Lipinski definition) is 4. The third kappa shape index (κ3) is 5.30. The Bertz CT molecular complexity index is 1060. The SMILES string of the molecule is CCCCCC(=O)N1C[C@@H](O)[C@H](n2cc(-c3ccc(F)cc3)nn2)C[C@@H]1c1ccc(C)cc1. The van der Waals surface area contributed by atoms with Gasteiger partial charge in [-0.15, -0.1) is 5.10 Å². The van der Waals surface area contributed by atoms with Crippen LogP contribution in [0.5, 0.6) is 0 Å². The number of β-amino-alcohol motifs (C(OH)–C–C–N with tert-alkyl or cyclic N) is 1. The summed E-state index contributed by atoms with van der Waals surface area (Å²) in [6, 6.07) is 13.9. The van der Waals surface area contributed by atoms with Gasteiger partial charge in [0.05, 0.1) is 24.4 Å². The summed E-state index contributed by atoms with van der Waals surface area (Å²) in [5.41, 5.74) is 3.59. The summed E-state index contributed by atoms with van der Waals surface area (Å²) >= 11 is 0. The molecule has 4 rings (SSSR count). The standard InChI is InChI=1S/C26H31FN4O2/c1-3-4-5-6-26(33)30-17-25(32)24(15-23(30)20-9-7-18(2)8-10-20)31-16-22(28-29-31)19-11-13-21(27)14-12-19/h7-14,16,23-25,32H,3-6,15,17H2,1-2H3/t23-,24-,25-/m1/s1. The number of carbonyl (C=O) groups is 1. The molecule has 33 heavy (non-hydrogen) atoms. The van der Waals surface area contributed by atoms with Gasteiger partial charge in [-0.3, -0.25) is 4.79 Å². The first kappa shape index (κ1) is 23.1. The molecule has 2 aromatic carbocycles. The van der Waals surface area contributed by atoms with E-state index in [0.29, 0.717) is 18.5 Å². The Morgan fingerprint density at radius 3 is 2.55 bits per heavy atom. The zero-order valence-corrected chi connectivity index (χ0v) is 19.2. The molecule has 1 aromatic heterocycles. The van der Waals surface area contributed by atoms with Gasteiger partial charge >= 0.3 is 0 Å². The molecule has 0 radical (unpaired) electrons. The van der Waals surface area contributed by atoms with E-state index in [0.717, 1.165) is 36.0 Å². The highest BCUT2D eigenvalue weighted by Gasteiger charge is 2.39. The number of aryl methyl sites for hydroxylation is 1. The van der Waals surface area contributed by atoms with Crippen LogP contribution in [0.15, 0.2) is 54.7 Å². The van der Waals surface area contributed by atoms with E-state index in [1.165, 1.54) is 12.1 Å². The van der Waals surface area contributed by atoms with Crippen LogP contribution < -0.4 is 0 Å². The van der Waals surface area contributed by atoms with Gasteiger partial charge < -0.3 is 10.0 Å². The molecule has 7 heteroatoms. The lowest BCUT2D eigenvalue weighted by atomic mass is 9.89. The fourth-order valence-corrected chi connectivity index (χ4v) is 4.49. The number of piperidine rings is 1. The molecule has 1 fully saturated rings. The van der Waals surface area contributed by atoms with Gasteiger partial charge in [0.2, 0.25) is 5.91 Å². The highest BCUT2D eigenvalue weighted by atomic mass is 19.1. The lowest BCUT2D eigenvalue weighted by Crippen LogP contribution is -2.49. The molecular weight excluding hydrogens is 419 g/mol. The predicted molar refractivity (Wildman–Crippen MR) is 125 cm³/mol. The van der Waals surface area contributed by atoms with Crippen molar-refractivity contribution in [3.63, 3.8) is 0 Å². The summed E-state index contributed by atoms with van der Waals surface area (Å²) in [6.07, 6.45) is 4.99. The Balaban J connectivity index is 1.59. The molecule has 0 spiro atoms. The Labute approximate surface area is 194 Å². The van der Waals surface area contributed by atoms with E-state index in [9.17, 15) is 14.3 Å². The Hall–Kier alpha value is -3.06. The molecular formula is C26H31FN4O2. The van der Waals surface area contributed by atoms with E-state index in [2.05, 4.69) is 41.5 Å². The maximum absolute atomic E-state index is 13.3. The number of carbonyl (C=O) groups excluding carboxylic acids is 1. The molecule has 174 valence electrons. The number of aliphatic hydroxyl groups is 1. The monoisotopic (exact) mass is 450 g/mol. The van der Waals surface area contributed by atoms with Crippen LogP contribution in [0.2, 0.25) is 0 Å². The maximum Gasteiger partial charge on any atom is 0.223 e. The Morgan fingerprint density at radius 1 is 1.12 bits per heavy atom. The van der Waals surface area contributed by atoms with Gasteiger partial charge in [-0.25, -0.2) is 9.07 Å². The fourth-order valence-electron chi connectivity index (χ4n) is 4.49. The Morgan fingerprint density at radius 2 is 1.85 bits per heavy atom. The largest absolute Gasteiger partial charge is 0.389 e. The van der Waals surface area contributed by atoms with Gasteiger partial charge in [-0.05, 0) is 49.6 Å². The second kappa shape index (κ2) is 10.3. The maximum atomic E-state index is 13.3. The van der Waals surface area contributed by atoms with Gasteiger partial charge in [0.1, 0.15) is 11.5 Å². The first-order valence-electron chi connectivity index (χ1n) is 11.7. The number of likely N-dealkylation sites (tertiary alicyclic amines) is 1. The number of nitrogens with zero attached hydrogens (tertiary/aromatic N) is 4. The van der Waals surface area contributed by atoms with E-state index in [1.807, 2.05) is 11.8 Å². The molecule has 1 aliphatic heterocycles. The van der Waals surface area contributed by atoms with Crippen LogP contribution in [0.25, 0.3) is 11.3 Å². The van der Waals surface area contributed by atoms with Crippen LogP contribution in [-0.4, -0.2) is 43.6 Å². The third-order valence-electron chi connectivity index (χ3n) is 6.44. The van der Waals surface area contributed by atoms with Crippen molar-refractivity contribution in [2.24, 2.45) is 0 Å². The highest BCUT2D eigenvalue weighted by Crippen LogP contribution is 2.37. The van der Waals surface area contributed by atoms with Crippen LogP contribution in [0, 0.1) is 12.7 Å². The average Bonchev–Trinajstić information content (AvgIpc) is 3.30. The lowest BCUT2D eigenvalue weighted by molar-refractivity contribution is -0.140. The number of benzene rings is 2. The molecule has 3 aromatic rings. The summed E-state index contributed by atoms with van der Waals surface area (Å²) in [7, 11) is 0. The van der Waals surface area contributed by atoms with Crippen molar-refractivity contribution in [3.8, 4) is 11.3 Å². The molecule has 3 atom stereocenters. The first-order chi connectivity index (χ1) is 16.0. The van der Waals surface area contributed by atoms with Crippen LogP contribution >= 0.6 is 0 Å². The van der Waals surface area contributed by atoms with E-state index in [-0.39, 0.29) is 30.4 Å². The molecule has 1 N–H and O–H groups in total. The van der Waals surface area contributed by atoms with Crippen LogP contribution in [-0.2, 0) is 4.79 Å². The minimum Gasteiger partial charge on any atom is -0.389 e. The molecule has 0 unspecified atom stereocenters. The quantitative estimate of drug-likeness (QED) is 0.523. The number of amides is 1. The number of halogens is 1. The smallest absolute Gasteiger partial charge is 0.223 e. The summed E-state index contributed by atoms with van der Waals surface area (Å²) in [6.45, 7) is 4.41. The molecule has 0 saturated carbocycles. The second-order valence-electron chi connectivity index (χ2n) is 8.89. The third-order valence-corrected chi connectivity index (χ3v) is 6.44. The van der Waals surface area contributed by atoms with E-state index in [4.69, 9.17) is 0 Å². The van der Waals surface area contributed by atoms with E-state index in [1.54, 1.807) is 23.0 Å². The van der Waals surface area contributed by atoms with Crippen LogP contribution in [0.4, 0.5) is 4.39 Å². The van der Waals surface area contributed by atoms with Gasteiger partial charge in [0.25, 0.3) is 0 Å². The zero-order valence-electron chi connectivity index (χ0n) is 19.2. The molecule has 0 bridgehead atoms.